The molecular formula is C35H65N3O6. The van der Waals surface area contributed by atoms with Gasteiger partial charge >= 0.3 is 12.0 Å². The van der Waals surface area contributed by atoms with Crippen molar-refractivity contribution < 1.29 is 28.7 Å². The van der Waals surface area contributed by atoms with Crippen molar-refractivity contribution in [2.45, 2.75) is 153 Å². The lowest BCUT2D eigenvalue weighted by Gasteiger charge is -2.30. The Morgan fingerprint density at radius 3 is 1.77 bits per heavy atom. The van der Waals surface area contributed by atoms with Gasteiger partial charge in [0.05, 0.1) is 18.1 Å². The van der Waals surface area contributed by atoms with E-state index in [1.165, 1.54) is 0 Å². The molecule has 44 heavy (non-hydrogen) atoms. The van der Waals surface area contributed by atoms with Crippen LogP contribution in [0.15, 0.2) is 0 Å². The highest BCUT2D eigenvalue weighted by Gasteiger charge is 2.34. The predicted molar refractivity (Wildman–Crippen MR) is 177 cm³/mol. The van der Waals surface area contributed by atoms with Crippen molar-refractivity contribution in [3.05, 3.63) is 0 Å². The highest BCUT2D eigenvalue weighted by atomic mass is 16.5. The van der Waals surface area contributed by atoms with Crippen molar-refractivity contribution in [3.63, 3.8) is 0 Å². The van der Waals surface area contributed by atoms with Gasteiger partial charge in [0.25, 0.3) is 0 Å². The minimum atomic E-state index is -0.718. The van der Waals surface area contributed by atoms with Gasteiger partial charge in [-0.2, -0.15) is 0 Å². The summed E-state index contributed by atoms with van der Waals surface area (Å²) in [6.45, 7) is 24.3. The first-order valence-corrected chi connectivity index (χ1v) is 16.5. The number of unbranched alkanes of at least 4 members (excludes halogenated alkanes) is 1. The van der Waals surface area contributed by atoms with E-state index in [0.717, 1.165) is 19.3 Å². The zero-order valence-corrected chi connectivity index (χ0v) is 30.0. The zero-order valence-electron chi connectivity index (χ0n) is 30.0. The maximum absolute atomic E-state index is 13.3. The molecule has 0 radical (unpaired) electrons. The SMILES string of the molecule is CC(CCCCC(=O)C[C@H](C(=O)N[C@@H](CCCNC(N)=O)C(=O)C(C)(C)C)C(C)C)OC(=O)C(CC(C)(C)C)CC(C)(C)C. The van der Waals surface area contributed by atoms with Gasteiger partial charge < -0.3 is 21.1 Å². The molecule has 256 valence electrons. The van der Waals surface area contributed by atoms with Crippen molar-refractivity contribution in [1.82, 2.24) is 10.6 Å². The average Bonchev–Trinajstić information content (AvgIpc) is 2.83. The average molecular weight is 624 g/mol. The van der Waals surface area contributed by atoms with Gasteiger partial charge in [-0.3, -0.25) is 19.2 Å². The standard InChI is InChI=1S/C35H65N3O6/c1-23(2)27(30(41)38-28(29(40)35(10,11)12)18-15-19-37-32(36)43)20-26(39)17-14-13-16-24(3)44-31(42)25(21-33(4,5)6)22-34(7,8)9/h23-25,27-28H,13-22H2,1-12H3,(H,38,41)(H3,36,37,43)/t24?,27-,28-/m0/s1. The van der Waals surface area contributed by atoms with Crippen LogP contribution in [0.2, 0.25) is 0 Å². The largest absolute Gasteiger partial charge is 0.462 e. The molecule has 1 unspecified atom stereocenters. The van der Waals surface area contributed by atoms with E-state index >= 15 is 0 Å². The molecule has 0 saturated carbocycles. The van der Waals surface area contributed by atoms with Crippen molar-refractivity contribution in [2.75, 3.05) is 6.54 Å². The van der Waals surface area contributed by atoms with Crippen LogP contribution in [-0.2, 0) is 23.9 Å². The molecule has 0 aromatic heterocycles. The number of rotatable bonds is 19. The summed E-state index contributed by atoms with van der Waals surface area (Å²) in [5.41, 5.74) is 4.51. The molecule has 9 heteroatoms. The Hall–Kier alpha value is -2.45. The maximum atomic E-state index is 13.3. The molecule has 0 bridgehead atoms. The van der Waals surface area contributed by atoms with Gasteiger partial charge in [0.1, 0.15) is 5.78 Å². The number of carbonyl (C=O) groups excluding carboxylic acids is 5. The number of ketones is 2. The number of primary amides is 1. The number of Topliss-reactive ketones (excluding diaryl/α,β-unsaturated/α-hetero) is 2. The first kappa shape index (κ1) is 41.5. The number of esters is 1. The lowest BCUT2D eigenvalue weighted by Crippen LogP contribution is -2.48. The maximum Gasteiger partial charge on any atom is 0.312 e. The third-order valence-corrected chi connectivity index (χ3v) is 7.61. The molecule has 3 atom stereocenters. The number of hydrogen-bond acceptors (Lipinski definition) is 6. The Morgan fingerprint density at radius 2 is 1.32 bits per heavy atom. The van der Waals surface area contributed by atoms with Crippen molar-refractivity contribution in [1.29, 1.82) is 0 Å². The topological polar surface area (TPSA) is 145 Å². The van der Waals surface area contributed by atoms with E-state index in [1.54, 1.807) is 20.8 Å². The quantitative estimate of drug-likeness (QED) is 0.107. The fraction of sp³-hybridized carbons (Fsp3) is 0.857. The van der Waals surface area contributed by atoms with Gasteiger partial charge in [-0.05, 0) is 68.6 Å². The first-order chi connectivity index (χ1) is 19.9. The van der Waals surface area contributed by atoms with Crippen LogP contribution in [0.3, 0.4) is 0 Å². The number of hydrogen-bond donors (Lipinski definition) is 3. The van der Waals surface area contributed by atoms with Gasteiger partial charge in [-0.1, -0.05) is 76.2 Å². The summed E-state index contributed by atoms with van der Waals surface area (Å²) in [5.74, 6) is -1.34. The number of carbonyl (C=O) groups is 5. The Morgan fingerprint density at radius 1 is 0.773 bits per heavy atom. The van der Waals surface area contributed by atoms with Gasteiger partial charge in [0.2, 0.25) is 5.91 Å². The summed E-state index contributed by atoms with van der Waals surface area (Å²) in [4.78, 5) is 63.3. The van der Waals surface area contributed by atoms with Crippen LogP contribution in [0.25, 0.3) is 0 Å². The smallest absolute Gasteiger partial charge is 0.312 e. The highest BCUT2D eigenvalue weighted by molar-refractivity contribution is 5.94. The monoisotopic (exact) mass is 623 g/mol. The second-order valence-electron chi connectivity index (χ2n) is 16.4. The Balaban J connectivity index is 5.01. The molecule has 0 spiro atoms. The number of nitrogens with two attached hydrogens (primary N) is 1. The predicted octanol–water partition coefficient (Wildman–Crippen LogP) is 6.75. The third-order valence-electron chi connectivity index (χ3n) is 7.61. The van der Waals surface area contributed by atoms with Gasteiger partial charge in [0, 0.05) is 30.7 Å². The fourth-order valence-electron chi connectivity index (χ4n) is 5.39. The van der Waals surface area contributed by atoms with E-state index < -0.39 is 23.4 Å². The summed E-state index contributed by atoms with van der Waals surface area (Å²) in [5, 5.41) is 5.41. The summed E-state index contributed by atoms with van der Waals surface area (Å²) in [6, 6.07) is -1.36. The van der Waals surface area contributed by atoms with Crippen LogP contribution in [-0.4, -0.2) is 48.2 Å². The molecule has 0 aromatic rings. The second-order valence-corrected chi connectivity index (χ2v) is 16.4. The zero-order chi connectivity index (χ0) is 34.5. The van der Waals surface area contributed by atoms with Crippen molar-refractivity contribution in [2.24, 2.45) is 39.7 Å². The van der Waals surface area contributed by atoms with E-state index in [2.05, 4.69) is 52.2 Å². The molecule has 0 fully saturated rings. The Kier molecular flexibility index (Phi) is 17.5. The number of urea groups is 1. The molecule has 0 aliphatic carbocycles. The van der Waals surface area contributed by atoms with Crippen LogP contribution >= 0.6 is 0 Å². The number of ether oxygens (including phenoxy) is 1. The molecule has 0 saturated heterocycles. The molecule has 0 aliphatic heterocycles. The minimum absolute atomic E-state index is 0.00303. The molecule has 4 N–H and O–H groups in total. The van der Waals surface area contributed by atoms with E-state index in [1.807, 2.05) is 20.8 Å². The molecule has 0 rings (SSSR count). The van der Waals surface area contributed by atoms with Crippen LogP contribution in [0, 0.1) is 34.0 Å². The Labute approximate surface area is 268 Å². The number of nitrogens with one attached hydrogen (secondary N) is 2. The second kappa shape index (κ2) is 18.5. The summed E-state index contributed by atoms with van der Waals surface area (Å²) in [6.07, 6.45) is 4.66. The van der Waals surface area contributed by atoms with Gasteiger partial charge in [-0.25, -0.2) is 4.79 Å². The first-order valence-electron chi connectivity index (χ1n) is 16.5. The summed E-state index contributed by atoms with van der Waals surface area (Å²) in [7, 11) is 0. The lowest BCUT2D eigenvalue weighted by atomic mass is 9.77. The third kappa shape index (κ3) is 19.0. The van der Waals surface area contributed by atoms with Crippen LogP contribution < -0.4 is 16.4 Å². The van der Waals surface area contributed by atoms with Crippen molar-refractivity contribution >= 4 is 29.5 Å². The van der Waals surface area contributed by atoms with Gasteiger partial charge in [0.15, 0.2) is 5.78 Å². The highest BCUT2D eigenvalue weighted by Crippen LogP contribution is 2.34. The molecule has 9 nitrogen and oxygen atoms in total. The summed E-state index contributed by atoms with van der Waals surface area (Å²) >= 11 is 0. The van der Waals surface area contributed by atoms with E-state index in [4.69, 9.17) is 10.5 Å². The van der Waals surface area contributed by atoms with E-state index in [0.29, 0.717) is 38.6 Å². The molecular weight excluding hydrogens is 558 g/mol. The van der Waals surface area contributed by atoms with Gasteiger partial charge in [-0.15, -0.1) is 0 Å². The van der Waals surface area contributed by atoms with Crippen molar-refractivity contribution in [3.8, 4) is 0 Å². The van der Waals surface area contributed by atoms with Crippen LogP contribution in [0.1, 0.15) is 141 Å². The van der Waals surface area contributed by atoms with Crippen LogP contribution in [0.5, 0.6) is 0 Å². The molecule has 0 aromatic carbocycles. The molecule has 0 aliphatic rings. The van der Waals surface area contributed by atoms with E-state index in [-0.39, 0.29) is 58.6 Å². The summed E-state index contributed by atoms with van der Waals surface area (Å²) < 4.78 is 5.83. The number of amides is 3. The normalized spacial score (nSPS) is 14.6. The fourth-order valence-corrected chi connectivity index (χ4v) is 5.39. The lowest BCUT2D eigenvalue weighted by molar-refractivity contribution is -0.156. The van der Waals surface area contributed by atoms with E-state index in [9.17, 15) is 24.0 Å². The molecule has 3 amide bonds. The molecule has 0 heterocycles. The minimum Gasteiger partial charge on any atom is -0.462 e. The Bertz CT molecular complexity index is 924. The van der Waals surface area contributed by atoms with Crippen LogP contribution in [0.4, 0.5) is 4.79 Å².